The number of nitrogens with two attached hydrogens (primary N) is 2. The van der Waals surface area contributed by atoms with Gasteiger partial charge in [-0.15, -0.1) is 0 Å². The molecule has 2 aromatic heterocycles. The van der Waals surface area contributed by atoms with Crippen molar-refractivity contribution in [1.29, 1.82) is 0 Å². The Morgan fingerprint density at radius 2 is 0.984 bits per heavy atom. The van der Waals surface area contributed by atoms with Crippen molar-refractivity contribution in [1.82, 2.24) is 9.13 Å². The molecule has 9 aromatic rings. The Labute approximate surface area is 361 Å². The van der Waals surface area contributed by atoms with Crippen molar-refractivity contribution in [3.63, 3.8) is 0 Å². The molecule has 12 nitrogen and oxygen atoms in total. The van der Waals surface area contributed by atoms with Gasteiger partial charge in [0.1, 0.15) is 11.5 Å². The topological polar surface area (TPSA) is 189 Å². The van der Waals surface area contributed by atoms with Gasteiger partial charge in [0, 0.05) is 35.0 Å². The number of benzene rings is 7. The van der Waals surface area contributed by atoms with Gasteiger partial charge in [0.05, 0.1) is 38.4 Å². The Morgan fingerprint density at radius 3 is 1.50 bits per heavy atom. The lowest BCUT2D eigenvalue weighted by atomic mass is 10.0. The molecule has 0 aliphatic carbocycles. The molecule has 2 amide bonds. The molecule has 6 N–H and O–H groups in total. The molecule has 0 saturated heterocycles. The van der Waals surface area contributed by atoms with E-state index in [1.54, 1.807) is 59.2 Å². The van der Waals surface area contributed by atoms with Gasteiger partial charge in [-0.2, -0.15) is 13.2 Å². The number of carboxylic acids is 2. The summed E-state index contributed by atoms with van der Waals surface area (Å²) < 4.78 is 54.4. The van der Waals surface area contributed by atoms with Gasteiger partial charge in [-0.3, -0.25) is 9.59 Å². The van der Waals surface area contributed by atoms with Gasteiger partial charge < -0.3 is 40.3 Å². The standard InChI is InChI=1S/C26H20N2O4.C23H17F3N2O4/c27-26(31)19-10-4-11-20-24(19)25-21(12-5-13-22(25)32-15-23(29)30)28(20)14-17-8-3-7-16-6-1-2-9-18(16)17;24-23(25,26)14-5-1-4-13(10-14)11-28-16-7-2-6-15(22(27)31)20(16)21-17(28)8-3-9-18(21)32-12-19(29)30/h1-13H,14-15H2,(H2,27,31)(H,29,30);1-10H,11-12H2,(H2,27,31)(H,29,30). The zero-order valence-electron chi connectivity index (χ0n) is 33.6. The second kappa shape index (κ2) is 17.2. The van der Waals surface area contributed by atoms with Crippen LogP contribution >= 0.6 is 0 Å². The van der Waals surface area contributed by atoms with Crippen LogP contribution in [0.4, 0.5) is 13.2 Å². The van der Waals surface area contributed by atoms with Crippen LogP contribution in [0.15, 0.2) is 140 Å². The van der Waals surface area contributed by atoms with Crippen LogP contribution in [-0.4, -0.2) is 56.3 Å². The van der Waals surface area contributed by atoms with Gasteiger partial charge in [0.15, 0.2) is 13.2 Å². The highest BCUT2D eigenvalue weighted by Crippen LogP contribution is 2.40. The number of hydrogen-bond acceptors (Lipinski definition) is 6. The van der Waals surface area contributed by atoms with Crippen LogP contribution in [0.1, 0.15) is 37.4 Å². The molecule has 7 aromatic carbocycles. The molecule has 0 spiro atoms. The quantitative estimate of drug-likeness (QED) is 0.0936. The van der Waals surface area contributed by atoms with Crippen molar-refractivity contribution in [3.05, 3.63) is 167 Å². The molecule has 322 valence electrons. The second-order valence-electron chi connectivity index (χ2n) is 14.8. The molecular formula is C49H37F3N4O8. The average molecular weight is 867 g/mol. The molecule has 0 unspecified atom stereocenters. The molecule has 9 rings (SSSR count). The number of halogens is 3. The van der Waals surface area contributed by atoms with Crippen LogP contribution in [0, 0.1) is 0 Å². The first-order chi connectivity index (χ1) is 30.7. The minimum absolute atomic E-state index is 0.0779. The third kappa shape index (κ3) is 8.21. The van der Waals surface area contributed by atoms with E-state index in [1.165, 1.54) is 12.1 Å². The van der Waals surface area contributed by atoms with Gasteiger partial charge in [-0.1, -0.05) is 78.9 Å². The molecule has 0 saturated carbocycles. The van der Waals surface area contributed by atoms with Gasteiger partial charge in [0.2, 0.25) is 11.8 Å². The van der Waals surface area contributed by atoms with Gasteiger partial charge >= 0.3 is 18.1 Å². The van der Waals surface area contributed by atoms with Crippen LogP contribution in [0.3, 0.4) is 0 Å². The van der Waals surface area contributed by atoms with Gasteiger partial charge in [-0.05, 0) is 82.6 Å². The number of nitrogens with zero attached hydrogens (tertiary/aromatic N) is 2. The number of alkyl halides is 3. The third-order valence-electron chi connectivity index (χ3n) is 10.8. The van der Waals surface area contributed by atoms with Crippen molar-refractivity contribution in [2.75, 3.05) is 13.2 Å². The van der Waals surface area contributed by atoms with Crippen molar-refractivity contribution in [2.24, 2.45) is 11.5 Å². The molecular weight excluding hydrogens is 830 g/mol. The predicted molar refractivity (Wildman–Crippen MR) is 236 cm³/mol. The Hall–Kier alpha value is -8.33. The zero-order chi connectivity index (χ0) is 45.3. The van der Waals surface area contributed by atoms with Crippen LogP contribution in [0.5, 0.6) is 11.5 Å². The summed E-state index contributed by atoms with van der Waals surface area (Å²) in [4.78, 5) is 46.5. The number of carbonyl (C=O) groups excluding carboxylic acids is 2. The number of rotatable bonds is 12. The fourth-order valence-corrected chi connectivity index (χ4v) is 8.21. The van der Waals surface area contributed by atoms with E-state index in [0.717, 1.165) is 39.5 Å². The van der Waals surface area contributed by atoms with E-state index >= 15 is 0 Å². The van der Waals surface area contributed by atoms with Crippen LogP contribution in [0.2, 0.25) is 0 Å². The number of primary amides is 2. The molecule has 64 heavy (non-hydrogen) atoms. The first-order valence-corrected chi connectivity index (χ1v) is 19.7. The van der Waals surface area contributed by atoms with E-state index in [0.29, 0.717) is 56.0 Å². The number of ether oxygens (including phenoxy) is 2. The lowest BCUT2D eigenvalue weighted by molar-refractivity contribution is -0.140. The van der Waals surface area contributed by atoms with E-state index in [-0.39, 0.29) is 17.9 Å². The zero-order valence-corrected chi connectivity index (χ0v) is 33.6. The van der Waals surface area contributed by atoms with Crippen LogP contribution in [0.25, 0.3) is 54.4 Å². The highest BCUT2D eigenvalue weighted by molar-refractivity contribution is 6.21. The fraction of sp³-hybridized carbons (Fsp3) is 0.102. The number of aliphatic carboxylic acids is 2. The number of carboxylic acid groups (broad SMARTS) is 2. The first kappa shape index (κ1) is 42.4. The molecule has 2 heterocycles. The summed E-state index contributed by atoms with van der Waals surface area (Å²) in [5, 5.41) is 22.6. The maximum Gasteiger partial charge on any atom is 0.416 e. The van der Waals surface area contributed by atoms with Crippen LogP contribution < -0.4 is 20.9 Å². The summed E-state index contributed by atoms with van der Waals surface area (Å²) in [6.45, 7) is -0.438. The monoisotopic (exact) mass is 866 g/mol. The van der Waals surface area contributed by atoms with E-state index in [4.69, 9.17) is 31.2 Å². The lowest BCUT2D eigenvalue weighted by Crippen LogP contribution is -2.11. The summed E-state index contributed by atoms with van der Waals surface area (Å²) in [5.74, 6) is -2.86. The Morgan fingerprint density at radius 1 is 0.531 bits per heavy atom. The molecule has 0 radical (unpaired) electrons. The smallest absolute Gasteiger partial charge is 0.416 e. The first-order valence-electron chi connectivity index (χ1n) is 19.7. The fourth-order valence-electron chi connectivity index (χ4n) is 8.21. The summed E-state index contributed by atoms with van der Waals surface area (Å²) in [7, 11) is 0. The normalized spacial score (nSPS) is 11.5. The minimum Gasteiger partial charge on any atom is -0.481 e. The van der Waals surface area contributed by atoms with Gasteiger partial charge in [-0.25, -0.2) is 9.59 Å². The molecule has 0 bridgehead atoms. The largest absolute Gasteiger partial charge is 0.481 e. The van der Waals surface area contributed by atoms with Crippen molar-refractivity contribution in [3.8, 4) is 11.5 Å². The van der Waals surface area contributed by atoms with Crippen molar-refractivity contribution < 1.29 is 52.0 Å². The molecule has 0 atom stereocenters. The summed E-state index contributed by atoms with van der Waals surface area (Å²) in [6.07, 6.45) is -4.48. The molecule has 15 heteroatoms. The second-order valence-corrected chi connectivity index (χ2v) is 14.8. The number of amides is 2. The highest BCUT2D eigenvalue weighted by Gasteiger charge is 2.30. The van der Waals surface area contributed by atoms with E-state index < -0.39 is 48.7 Å². The number of hydrogen-bond donors (Lipinski definition) is 4. The molecule has 0 aliphatic rings. The average Bonchev–Trinajstić information content (AvgIpc) is 3.77. The van der Waals surface area contributed by atoms with E-state index in [2.05, 4.69) is 28.8 Å². The summed E-state index contributed by atoms with van der Waals surface area (Å²) in [5.41, 5.74) is 15.4. The Balaban J connectivity index is 0.000000175. The van der Waals surface area contributed by atoms with Crippen molar-refractivity contribution >= 4 is 78.1 Å². The minimum atomic E-state index is -4.48. The van der Waals surface area contributed by atoms with Crippen LogP contribution in [-0.2, 0) is 28.9 Å². The molecule has 0 aliphatic heterocycles. The number of aromatic nitrogens is 2. The van der Waals surface area contributed by atoms with E-state index in [9.17, 15) is 32.3 Å². The van der Waals surface area contributed by atoms with E-state index in [1.807, 2.05) is 36.4 Å². The van der Waals surface area contributed by atoms with Gasteiger partial charge in [0.25, 0.3) is 0 Å². The summed E-state index contributed by atoms with van der Waals surface area (Å²) in [6, 6.07) is 40.1. The lowest BCUT2D eigenvalue weighted by Gasteiger charge is -2.11. The maximum absolute atomic E-state index is 13.2. The number of carbonyl (C=O) groups is 4. The SMILES string of the molecule is NC(=O)c1cccc2c1c1c(OCC(=O)O)cccc1n2Cc1cccc(C(F)(F)F)c1.NC(=O)c1cccc2c1c1c(OCC(=O)O)cccc1n2Cc1cccc2ccccc12. The highest BCUT2D eigenvalue weighted by atomic mass is 19.4. The summed E-state index contributed by atoms with van der Waals surface area (Å²) >= 11 is 0. The van der Waals surface area contributed by atoms with Crippen molar-refractivity contribution in [2.45, 2.75) is 19.3 Å². The predicted octanol–water partition coefficient (Wildman–Crippen LogP) is 8.98. The third-order valence-corrected chi connectivity index (χ3v) is 10.8. The Bertz CT molecular complexity index is 3310. The Kier molecular flexibility index (Phi) is 11.4. The molecule has 0 fully saturated rings. The maximum atomic E-state index is 13.2. The number of fused-ring (bicyclic) bond motifs is 7.